The molecule has 1 heterocycles. The van der Waals surface area contributed by atoms with Gasteiger partial charge in [0.25, 0.3) is 0 Å². The summed E-state index contributed by atoms with van der Waals surface area (Å²) in [7, 11) is 0. The fourth-order valence-corrected chi connectivity index (χ4v) is 2.74. The van der Waals surface area contributed by atoms with E-state index in [9.17, 15) is 4.79 Å². The predicted molar refractivity (Wildman–Crippen MR) is 107 cm³/mol. The van der Waals surface area contributed by atoms with Gasteiger partial charge >= 0.3 is 0 Å². The average molecular weight is 411 g/mol. The Morgan fingerprint density at radius 3 is 2.42 bits per heavy atom. The second-order valence-electron chi connectivity index (χ2n) is 5.85. The molecule has 3 aromatic rings. The summed E-state index contributed by atoms with van der Waals surface area (Å²) >= 11 is 3.41. The number of amides is 1. The lowest BCUT2D eigenvalue weighted by molar-refractivity contribution is -0.120. The Hall–Kier alpha value is -2.66. The summed E-state index contributed by atoms with van der Waals surface area (Å²) in [6, 6.07) is 19.6. The van der Waals surface area contributed by atoms with Crippen LogP contribution < -0.4 is 5.43 Å². The number of nitrogens with one attached hydrogen (secondary N) is 1. The highest BCUT2D eigenvalue weighted by atomic mass is 79.9. The molecule has 0 spiro atoms. The number of hydrazone groups is 1. The standard InChI is InChI=1S/C21H19BrN2O2/c1-2-15-3-5-16(6-4-15)13-21(25)24-23-14-19-11-12-20(26-19)17-7-9-18(22)10-8-17/h3-12,14H,2,13H2,1H3,(H,24,25)/b23-14-. The van der Waals surface area contributed by atoms with Crippen molar-refractivity contribution in [3.63, 3.8) is 0 Å². The normalized spacial score (nSPS) is 11.0. The highest BCUT2D eigenvalue weighted by Gasteiger charge is 2.04. The molecule has 26 heavy (non-hydrogen) atoms. The molecule has 1 aromatic heterocycles. The number of carbonyl (C=O) groups excluding carboxylic acids is 1. The fraction of sp³-hybridized carbons (Fsp3) is 0.143. The van der Waals surface area contributed by atoms with E-state index < -0.39 is 0 Å². The van der Waals surface area contributed by atoms with Gasteiger partial charge in [-0.15, -0.1) is 0 Å². The van der Waals surface area contributed by atoms with Crippen molar-refractivity contribution in [2.75, 3.05) is 0 Å². The summed E-state index contributed by atoms with van der Waals surface area (Å²) in [5.41, 5.74) is 5.73. The predicted octanol–water partition coefficient (Wildman–Crippen LogP) is 4.96. The molecule has 0 fully saturated rings. The molecular formula is C21H19BrN2O2. The molecule has 4 nitrogen and oxygen atoms in total. The molecule has 2 aromatic carbocycles. The molecule has 0 aliphatic rings. The first-order chi connectivity index (χ1) is 12.6. The summed E-state index contributed by atoms with van der Waals surface area (Å²) in [5, 5.41) is 3.97. The second-order valence-corrected chi connectivity index (χ2v) is 6.76. The Labute approximate surface area is 161 Å². The van der Waals surface area contributed by atoms with Gasteiger partial charge in [-0.05, 0) is 41.8 Å². The van der Waals surface area contributed by atoms with Crippen molar-refractivity contribution in [1.82, 2.24) is 5.43 Å². The Bertz CT molecular complexity index is 897. The van der Waals surface area contributed by atoms with Gasteiger partial charge in [0, 0.05) is 10.0 Å². The molecule has 1 amide bonds. The molecule has 132 valence electrons. The zero-order chi connectivity index (χ0) is 18.4. The number of furan rings is 1. The van der Waals surface area contributed by atoms with Crippen LogP contribution in [0.25, 0.3) is 11.3 Å². The molecule has 3 rings (SSSR count). The number of hydrogen-bond acceptors (Lipinski definition) is 3. The topological polar surface area (TPSA) is 54.6 Å². The highest BCUT2D eigenvalue weighted by molar-refractivity contribution is 9.10. The van der Waals surface area contributed by atoms with Crippen LogP contribution >= 0.6 is 15.9 Å². The number of rotatable bonds is 6. The number of benzene rings is 2. The van der Waals surface area contributed by atoms with Gasteiger partial charge in [-0.1, -0.05) is 59.3 Å². The Balaban J connectivity index is 1.54. The molecule has 1 N–H and O–H groups in total. The fourth-order valence-electron chi connectivity index (χ4n) is 2.48. The van der Waals surface area contributed by atoms with Crippen LogP contribution in [0.1, 0.15) is 23.8 Å². The number of aryl methyl sites for hydroxylation is 1. The van der Waals surface area contributed by atoms with E-state index in [0.29, 0.717) is 12.2 Å². The molecule has 0 unspecified atom stereocenters. The first-order valence-corrected chi connectivity index (χ1v) is 9.19. The zero-order valence-electron chi connectivity index (χ0n) is 14.4. The van der Waals surface area contributed by atoms with Crippen LogP contribution in [0.5, 0.6) is 0 Å². The average Bonchev–Trinajstić information content (AvgIpc) is 3.12. The van der Waals surface area contributed by atoms with E-state index in [1.807, 2.05) is 60.7 Å². The summed E-state index contributed by atoms with van der Waals surface area (Å²) in [6.45, 7) is 2.10. The quantitative estimate of drug-likeness (QED) is 0.460. The highest BCUT2D eigenvalue weighted by Crippen LogP contribution is 2.23. The second kappa shape index (κ2) is 8.63. The number of nitrogens with zero attached hydrogens (tertiary/aromatic N) is 1. The van der Waals surface area contributed by atoms with Gasteiger partial charge in [-0.2, -0.15) is 5.10 Å². The van der Waals surface area contributed by atoms with Gasteiger partial charge in [0.2, 0.25) is 5.91 Å². The molecule has 0 aliphatic carbocycles. The lowest BCUT2D eigenvalue weighted by atomic mass is 10.1. The van der Waals surface area contributed by atoms with Crippen molar-refractivity contribution in [2.45, 2.75) is 19.8 Å². The van der Waals surface area contributed by atoms with Crippen molar-refractivity contribution in [3.05, 3.63) is 82.0 Å². The van der Waals surface area contributed by atoms with Gasteiger partial charge < -0.3 is 4.42 Å². The maximum Gasteiger partial charge on any atom is 0.244 e. The van der Waals surface area contributed by atoms with Gasteiger partial charge in [0.05, 0.1) is 12.6 Å². The molecule has 0 atom stereocenters. The van der Waals surface area contributed by atoms with E-state index in [4.69, 9.17) is 4.42 Å². The molecule has 0 bridgehead atoms. The van der Waals surface area contributed by atoms with Crippen LogP contribution in [0.15, 0.2) is 74.7 Å². The zero-order valence-corrected chi connectivity index (χ0v) is 16.0. The SMILES string of the molecule is CCc1ccc(CC(=O)N/N=C\c2ccc(-c3ccc(Br)cc3)o2)cc1. The number of halogens is 1. The lowest BCUT2D eigenvalue weighted by Gasteiger charge is -2.02. The van der Waals surface area contributed by atoms with E-state index in [0.717, 1.165) is 27.8 Å². The van der Waals surface area contributed by atoms with Gasteiger partial charge in [-0.25, -0.2) is 5.43 Å². The van der Waals surface area contributed by atoms with E-state index >= 15 is 0 Å². The number of carbonyl (C=O) groups is 1. The van der Waals surface area contributed by atoms with Gasteiger partial charge in [-0.3, -0.25) is 4.79 Å². The van der Waals surface area contributed by atoms with E-state index in [2.05, 4.69) is 33.4 Å². The minimum absolute atomic E-state index is 0.162. The van der Waals surface area contributed by atoms with E-state index in [-0.39, 0.29) is 5.91 Å². The van der Waals surface area contributed by atoms with Crippen LogP contribution in [-0.4, -0.2) is 12.1 Å². The molecule has 5 heteroatoms. The molecule has 0 saturated carbocycles. The minimum atomic E-state index is -0.162. The smallest absolute Gasteiger partial charge is 0.244 e. The first-order valence-electron chi connectivity index (χ1n) is 8.39. The van der Waals surface area contributed by atoms with Crippen molar-refractivity contribution >= 4 is 28.1 Å². The summed E-state index contributed by atoms with van der Waals surface area (Å²) in [4.78, 5) is 12.0. The van der Waals surface area contributed by atoms with Crippen molar-refractivity contribution in [3.8, 4) is 11.3 Å². The number of hydrogen-bond donors (Lipinski definition) is 1. The summed E-state index contributed by atoms with van der Waals surface area (Å²) in [5.74, 6) is 1.17. The Morgan fingerprint density at radius 1 is 1.04 bits per heavy atom. The van der Waals surface area contributed by atoms with Crippen molar-refractivity contribution in [1.29, 1.82) is 0 Å². The van der Waals surface area contributed by atoms with Crippen LogP contribution in [0, 0.1) is 0 Å². The lowest BCUT2D eigenvalue weighted by Crippen LogP contribution is -2.19. The van der Waals surface area contributed by atoms with E-state index in [1.165, 1.54) is 11.8 Å². The third-order valence-corrected chi connectivity index (χ3v) is 4.46. The minimum Gasteiger partial charge on any atom is -0.455 e. The van der Waals surface area contributed by atoms with Crippen molar-refractivity contribution in [2.24, 2.45) is 5.10 Å². The van der Waals surface area contributed by atoms with Gasteiger partial charge in [0.1, 0.15) is 11.5 Å². The van der Waals surface area contributed by atoms with E-state index in [1.54, 1.807) is 0 Å². The monoisotopic (exact) mass is 410 g/mol. The molecule has 0 saturated heterocycles. The third-order valence-electron chi connectivity index (χ3n) is 3.93. The maximum atomic E-state index is 12.0. The Morgan fingerprint density at radius 2 is 1.73 bits per heavy atom. The Kier molecular flexibility index (Phi) is 6.02. The maximum absolute atomic E-state index is 12.0. The van der Waals surface area contributed by atoms with Crippen LogP contribution in [-0.2, 0) is 17.6 Å². The molecule has 0 aliphatic heterocycles. The molecular weight excluding hydrogens is 392 g/mol. The van der Waals surface area contributed by atoms with Crippen LogP contribution in [0.4, 0.5) is 0 Å². The third kappa shape index (κ3) is 4.92. The first kappa shape index (κ1) is 18.1. The summed E-state index contributed by atoms with van der Waals surface area (Å²) in [6.07, 6.45) is 2.78. The van der Waals surface area contributed by atoms with Crippen LogP contribution in [0.3, 0.4) is 0 Å². The summed E-state index contributed by atoms with van der Waals surface area (Å²) < 4.78 is 6.73. The van der Waals surface area contributed by atoms with Crippen molar-refractivity contribution < 1.29 is 9.21 Å². The van der Waals surface area contributed by atoms with Crippen LogP contribution in [0.2, 0.25) is 0 Å². The molecule has 0 radical (unpaired) electrons. The largest absolute Gasteiger partial charge is 0.455 e. The van der Waals surface area contributed by atoms with Gasteiger partial charge in [0.15, 0.2) is 0 Å².